The van der Waals surface area contributed by atoms with E-state index >= 15 is 0 Å². The second kappa shape index (κ2) is 5.26. The van der Waals surface area contributed by atoms with Gasteiger partial charge in [-0.05, 0) is 24.8 Å². The summed E-state index contributed by atoms with van der Waals surface area (Å²) in [7, 11) is 0. The normalized spacial score (nSPS) is 30.2. The Balaban J connectivity index is 1.65. The highest BCUT2D eigenvalue weighted by Gasteiger charge is 2.45. The number of nitrogens with one attached hydrogen (secondary N) is 1. The number of hydrogen-bond acceptors (Lipinski definition) is 2. The summed E-state index contributed by atoms with van der Waals surface area (Å²) in [5, 5.41) is 3.76. The molecule has 1 saturated heterocycles. The molecule has 2 fully saturated rings. The van der Waals surface area contributed by atoms with Crippen molar-refractivity contribution in [2.24, 2.45) is 0 Å². The van der Waals surface area contributed by atoms with Crippen molar-refractivity contribution in [3.05, 3.63) is 35.9 Å². The van der Waals surface area contributed by atoms with Crippen molar-refractivity contribution in [2.75, 3.05) is 19.6 Å². The largest absolute Gasteiger partial charge is 0.309 e. The maximum atomic E-state index is 3.76. The van der Waals surface area contributed by atoms with Crippen LogP contribution in [0.3, 0.4) is 0 Å². The first kappa shape index (κ1) is 13.1. The fraction of sp³-hybridized carbons (Fsp3) is 0.647. The van der Waals surface area contributed by atoms with Crippen LogP contribution < -0.4 is 5.32 Å². The number of hydrogen-bond donors (Lipinski definition) is 1. The third-order valence-electron chi connectivity index (χ3n) is 5.21. The first-order chi connectivity index (χ1) is 9.28. The van der Waals surface area contributed by atoms with E-state index in [9.17, 15) is 0 Å². The van der Waals surface area contributed by atoms with Gasteiger partial charge >= 0.3 is 0 Å². The monoisotopic (exact) mass is 258 g/mol. The molecular weight excluding hydrogens is 232 g/mol. The van der Waals surface area contributed by atoms with Crippen LogP contribution in [0.1, 0.15) is 44.6 Å². The molecule has 19 heavy (non-hydrogen) atoms. The van der Waals surface area contributed by atoms with Crippen molar-refractivity contribution in [1.29, 1.82) is 0 Å². The van der Waals surface area contributed by atoms with Crippen LogP contribution in [0.5, 0.6) is 0 Å². The standard InChI is InChI=1S/C17H26N2/c1-3-17(4-2)13-19(11-10-18-17)16-12-15(16)14-8-6-5-7-9-14/h5-9,15-16,18H,3-4,10-13H2,1-2H3. The third kappa shape index (κ3) is 2.56. The van der Waals surface area contributed by atoms with E-state index < -0.39 is 0 Å². The van der Waals surface area contributed by atoms with Crippen LogP contribution in [0.15, 0.2) is 30.3 Å². The summed E-state index contributed by atoms with van der Waals surface area (Å²) in [6.07, 6.45) is 3.83. The molecular formula is C17H26N2. The molecule has 0 aromatic heterocycles. The summed E-state index contributed by atoms with van der Waals surface area (Å²) in [6.45, 7) is 8.24. The zero-order chi connectivity index (χ0) is 13.3. The van der Waals surface area contributed by atoms with Gasteiger partial charge < -0.3 is 5.32 Å². The second-order valence-corrected chi connectivity index (χ2v) is 6.20. The summed E-state index contributed by atoms with van der Waals surface area (Å²) < 4.78 is 0. The van der Waals surface area contributed by atoms with Crippen LogP contribution in [0.25, 0.3) is 0 Å². The molecule has 1 aliphatic heterocycles. The molecule has 1 N–H and O–H groups in total. The number of piperazine rings is 1. The van der Waals surface area contributed by atoms with E-state index in [4.69, 9.17) is 0 Å². The van der Waals surface area contributed by atoms with Gasteiger partial charge in [-0.1, -0.05) is 44.2 Å². The quantitative estimate of drug-likeness (QED) is 0.893. The number of rotatable bonds is 4. The fourth-order valence-electron chi connectivity index (χ4n) is 3.64. The Hall–Kier alpha value is -0.860. The van der Waals surface area contributed by atoms with Crippen molar-refractivity contribution in [2.45, 2.75) is 50.6 Å². The maximum absolute atomic E-state index is 3.76. The average molecular weight is 258 g/mol. The van der Waals surface area contributed by atoms with Gasteiger partial charge in [0, 0.05) is 37.1 Å². The molecule has 0 bridgehead atoms. The lowest BCUT2D eigenvalue weighted by molar-refractivity contribution is 0.116. The lowest BCUT2D eigenvalue weighted by atomic mass is 9.90. The minimum atomic E-state index is 0.363. The molecule has 104 valence electrons. The van der Waals surface area contributed by atoms with Gasteiger partial charge in [0.05, 0.1) is 0 Å². The Labute approximate surface area is 117 Å². The average Bonchev–Trinajstić information content (AvgIpc) is 3.29. The van der Waals surface area contributed by atoms with Gasteiger partial charge in [-0.25, -0.2) is 0 Å². The predicted octanol–water partition coefficient (Wildman–Crippen LogP) is 3.01. The lowest BCUT2D eigenvalue weighted by Crippen LogP contribution is -2.60. The minimum Gasteiger partial charge on any atom is -0.309 e. The highest BCUT2D eigenvalue weighted by atomic mass is 15.3. The van der Waals surface area contributed by atoms with E-state index in [0.717, 1.165) is 18.5 Å². The van der Waals surface area contributed by atoms with Gasteiger partial charge in [-0.2, -0.15) is 0 Å². The van der Waals surface area contributed by atoms with Crippen LogP contribution in [-0.4, -0.2) is 36.1 Å². The molecule has 1 aromatic rings. The van der Waals surface area contributed by atoms with Gasteiger partial charge in [0.15, 0.2) is 0 Å². The van der Waals surface area contributed by atoms with Crippen molar-refractivity contribution >= 4 is 0 Å². The SMILES string of the molecule is CCC1(CC)CN(C2CC2c2ccccc2)CCN1. The Morgan fingerprint density at radius 1 is 1.21 bits per heavy atom. The molecule has 0 radical (unpaired) electrons. The number of nitrogens with zero attached hydrogens (tertiary/aromatic N) is 1. The third-order valence-corrected chi connectivity index (χ3v) is 5.21. The highest BCUT2D eigenvalue weighted by Crippen LogP contribution is 2.45. The molecule has 1 saturated carbocycles. The van der Waals surface area contributed by atoms with E-state index in [1.165, 1.54) is 37.9 Å². The Morgan fingerprint density at radius 3 is 2.63 bits per heavy atom. The van der Waals surface area contributed by atoms with E-state index in [-0.39, 0.29) is 0 Å². The van der Waals surface area contributed by atoms with E-state index in [1.54, 1.807) is 0 Å². The van der Waals surface area contributed by atoms with Crippen molar-refractivity contribution in [3.63, 3.8) is 0 Å². The summed E-state index contributed by atoms with van der Waals surface area (Å²) in [4.78, 5) is 2.74. The maximum Gasteiger partial charge on any atom is 0.0304 e. The zero-order valence-electron chi connectivity index (χ0n) is 12.2. The molecule has 2 heteroatoms. The van der Waals surface area contributed by atoms with Crippen molar-refractivity contribution < 1.29 is 0 Å². The van der Waals surface area contributed by atoms with Crippen LogP contribution in [0.2, 0.25) is 0 Å². The highest BCUT2D eigenvalue weighted by molar-refractivity contribution is 5.28. The van der Waals surface area contributed by atoms with Gasteiger partial charge in [0.1, 0.15) is 0 Å². The van der Waals surface area contributed by atoms with Gasteiger partial charge in [-0.3, -0.25) is 4.90 Å². The van der Waals surface area contributed by atoms with E-state index in [2.05, 4.69) is 54.4 Å². The van der Waals surface area contributed by atoms with Crippen LogP contribution in [0, 0.1) is 0 Å². The van der Waals surface area contributed by atoms with Gasteiger partial charge in [-0.15, -0.1) is 0 Å². The molecule has 1 heterocycles. The molecule has 2 nitrogen and oxygen atoms in total. The first-order valence-electron chi connectivity index (χ1n) is 7.82. The smallest absolute Gasteiger partial charge is 0.0304 e. The Morgan fingerprint density at radius 2 is 1.95 bits per heavy atom. The molecule has 2 atom stereocenters. The van der Waals surface area contributed by atoms with Crippen LogP contribution in [0.4, 0.5) is 0 Å². The van der Waals surface area contributed by atoms with Crippen LogP contribution in [-0.2, 0) is 0 Å². The molecule has 1 aliphatic carbocycles. The Bertz CT molecular complexity index is 411. The summed E-state index contributed by atoms with van der Waals surface area (Å²) in [5.41, 5.74) is 1.90. The summed E-state index contributed by atoms with van der Waals surface area (Å²) in [6, 6.07) is 11.8. The van der Waals surface area contributed by atoms with Gasteiger partial charge in [0.2, 0.25) is 0 Å². The molecule has 1 aromatic carbocycles. The van der Waals surface area contributed by atoms with E-state index in [0.29, 0.717) is 5.54 Å². The molecule has 0 spiro atoms. The van der Waals surface area contributed by atoms with Crippen LogP contribution >= 0.6 is 0 Å². The predicted molar refractivity (Wildman–Crippen MR) is 80.5 cm³/mol. The lowest BCUT2D eigenvalue weighted by Gasteiger charge is -2.43. The fourth-order valence-corrected chi connectivity index (χ4v) is 3.64. The molecule has 2 unspecified atom stereocenters. The second-order valence-electron chi connectivity index (χ2n) is 6.20. The topological polar surface area (TPSA) is 15.3 Å². The molecule has 0 amide bonds. The van der Waals surface area contributed by atoms with E-state index in [1.807, 2.05) is 0 Å². The molecule has 2 aliphatic rings. The number of benzene rings is 1. The first-order valence-corrected chi connectivity index (χ1v) is 7.82. The zero-order valence-corrected chi connectivity index (χ0v) is 12.2. The molecule has 3 rings (SSSR count). The van der Waals surface area contributed by atoms with Crippen molar-refractivity contribution in [1.82, 2.24) is 10.2 Å². The van der Waals surface area contributed by atoms with Gasteiger partial charge in [0.25, 0.3) is 0 Å². The summed E-state index contributed by atoms with van der Waals surface area (Å²) in [5.74, 6) is 0.783. The summed E-state index contributed by atoms with van der Waals surface area (Å²) >= 11 is 0. The Kier molecular flexibility index (Phi) is 3.64. The van der Waals surface area contributed by atoms with Crippen molar-refractivity contribution in [3.8, 4) is 0 Å². The minimum absolute atomic E-state index is 0.363.